The van der Waals surface area contributed by atoms with Gasteiger partial charge in [0.2, 0.25) is 5.91 Å². The van der Waals surface area contributed by atoms with Crippen molar-refractivity contribution in [1.82, 2.24) is 5.32 Å². The molecule has 3 N–H and O–H groups in total. The number of benzene rings is 1. The fourth-order valence-corrected chi connectivity index (χ4v) is 2.15. The van der Waals surface area contributed by atoms with Crippen LogP contribution in [-0.2, 0) is 11.3 Å². The van der Waals surface area contributed by atoms with E-state index in [2.05, 4.69) is 37.4 Å². The number of carbonyl (C=O) groups excluding carboxylic acids is 1. The van der Waals surface area contributed by atoms with Crippen LogP contribution in [0.5, 0.6) is 0 Å². The third-order valence-electron chi connectivity index (χ3n) is 3.09. The van der Waals surface area contributed by atoms with E-state index >= 15 is 0 Å². The molecule has 0 saturated carbocycles. The van der Waals surface area contributed by atoms with Gasteiger partial charge in [0, 0.05) is 18.8 Å². The highest BCUT2D eigenvalue weighted by Gasteiger charge is 2.10. The van der Waals surface area contributed by atoms with Crippen LogP contribution < -0.4 is 16.0 Å². The van der Waals surface area contributed by atoms with Crippen molar-refractivity contribution in [2.24, 2.45) is 5.73 Å². The first-order valence-electron chi connectivity index (χ1n) is 6.92. The minimum Gasteiger partial charge on any atom is -0.368 e. The van der Waals surface area contributed by atoms with E-state index in [4.69, 9.17) is 5.73 Å². The summed E-state index contributed by atoms with van der Waals surface area (Å²) in [6, 6.07) is 6.35. The predicted molar refractivity (Wildman–Crippen MR) is 80.3 cm³/mol. The predicted octanol–water partition coefficient (Wildman–Crippen LogP) is 1.81. The Morgan fingerprint density at radius 1 is 1.37 bits per heavy atom. The first-order chi connectivity index (χ1) is 9.08. The number of hydrogen-bond donors (Lipinski definition) is 2. The number of nitrogens with two attached hydrogens (primary N) is 1. The van der Waals surface area contributed by atoms with Crippen molar-refractivity contribution in [2.75, 3.05) is 24.5 Å². The molecule has 0 aliphatic carbocycles. The van der Waals surface area contributed by atoms with Gasteiger partial charge in [-0.25, -0.2) is 0 Å². The third kappa shape index (κ3) is 4.91. The van der Waals surface area contributed by atoms with Crippen molar-refractivity contribution in [3.05, 3.63) is 29.3 Å². The lowest BCUT2D eigenvalue weighted by Crippen LogP contribution is -2.34. The Kier molecular flexibility index (Phi) is 6.36. The van der Waals surface area contributed by atoms with Gasteiger partial charge in [-0.1, -0.05) is 19.1 Å². The molecule has 4 heteroatoms. The van der Waals surface area contributed by atoms with Crippen LogP contribution >= 0.6 is 0 Å². The van der Waals surface area contributed by atoms with Crippen LogP contribution in [0.15, 0.2) is 18.2 Å². The van der Waals surface area contributed by atoms with Gasteiger partial charge in [-0.2, -0.15) is 0 Å². The molecule has 0 spiro atoms. The van der Waals surface area contributed by atoms with Gasteiger partial charge < -0.3 is 16.0 Å². The average molecular weight is 263 g/mol. The summed E-state index contributed by atoms with van der Waals surface area (Å²) in [4.78, 5) is 13.1. The van der Waals surface area contributed by atoms with Gasteiger partial charge >= 0.3 is 0 Å². The van der Waals surface area contributed by atoms with Gasteiger partial charge in [0.1, 0.15) is 0 Å². The second-order valence-electron chi connectivity index (χ2n) is 4.78. The summed E-state index contributed by atoms with van der Waals surface area (Å²) in [6.07, 6.45) is 1.14. The first-order valence-corrected chi connectivity index (χ1v) is 6.92. The minimum atomic E-state index is -0.296. The van der Waals surface area contributed by atoms with Gasteiger partial charge in [-0.05, 0) is 44.0 Å². The molecule has 106 valence electrons. The first kappa shape index (κ1) is 15.5. The maximum Gasteiger partial charge on any atom is 0.236 e. The zero-order chi connectivity index (χ0) is 14.3. The number of primary amides is 1. The lowest BCUT2D eigenvalue weighted by Gasteiger charge is -2.23. The molecule has 4 nitrogen and oxygen atoms in total. The van der Waals surface area contributed by atoms with E-state index in [0.717, 1.165) is 31.7 Å². The molecular formula is C15H25N3O. The zero-order valence-electron chi connectivity index (χ0n) is 12.2. The molecule has 0 aromatic heterocycles. The van der Waals surface area contributed by atoms with E-state index in [0.29, 0.717) is 0 Å². The smallest absolute Gasteiger partial charge is 0.236 e. The zero-order valence-corrected chi connectivity index (χ0v) is 12.2. The highest BCUT2D eigenvalue weighted by Crippen LogP contribution is 2.21. The topological polar surface area (TPSA) is 58.4 Å². The Bertz CT molecular complexity index is 418. The molecule has 1 amide bonds. The van der Waals surface area contributed by atoms with Crippen molar-refractivity contribution in [3.8, 4) is 0 Å². The number of hydrogen-bond acceptors (Lipinski definition) is 3. The van der Waals surface area contributed by atoms with E-state index < -0.39 is 0 Å². The highest BCUT2D eigenvalue weighted by atomic mass is 16.1. The fraction of sp³-hybridized carbons (Fsp3) is 0.533. The lowest BCUT2D eigenvalue weighted by molar-refractivity contribution is -0.116. The van der Waals surface area contributed by atoms with Crippen molar-refractivity contribution in [1.29, 1.82) is 0 Å². The number of likely N-dealkylation sites (N-methyl/N-ethyl adjacent to an activating group) is 1. The molecule has 0 aliphatic rings. The quantitative estimate of drug-likeness (QED) is 0.703. The van der Waals surface area contributed by atoms with Crippen molar-refractivity contribution in [2.45, 2.75) is 33.7 Å². The maximum atomic E-state index is 11.1. The number of rotatable bonds is 8. The summed E-state index contributed by atoms with van der Waals surface area (Å²) >= 11 is 0. The van der Waals surface area contributed by atoms with E-state index in [1.807, 2.05) is 11.8 Å². The average Bonchev–Trinajstić information content (AvgIpc) is 2.37. The highest BCUT2D eigenvalue weighted by molar-refractivity contribution is 5.79. The van der Waals surface area contributed by atoms with E-state index in [1.54, 1.807) is 0 Å². The van der Waals surface area contributed by atoms with Gasteiger partial charge in [0.05, 0.1) is 6.54 Å². The Hall–Kier alpha value is -1.55. The van der Waals surface area contributed by atoms with Crippen molar-refractivity contribution < 1.29 is 4.79 Å². The normalized spacial score (nSPS) is 10.5. The molecule has 0 radical (unpaired) electrons. The van der Waals surface area contributed by atoms with Crippen LogP contribution in [0.1, 0.15) is 31.4 Å². The van der Waals surface area contributed by atoms with E-state index in [-0.39, 0.29) is 12.5 Å². The van der Waals surface area contributed by atoms with Crippen LogP contribution in [-0.4, -0.2) is 25.5 Å². The molecular weight excluding hydrogens is 238 g/mol. The van der Waals surface area contributed by atoms with Crippen LogP contribution in [0.3, 0.4) is 0 Å². The molecule has 0 aliphatic heterocycles. The SMILES string of the molecule is CCCNCc1ccc(N(CC)CC(N)=O)c(C)c1. The molecule has 0 saturated heterocycles. The number of nitrogens with one attached hydrogen (secondary N) is 1. The van der Waals surface area contributed by atoms with Crippen LogP contribution in [0.25, 0.3) is 0 Å². The van der Waals surface area contributed by atoms with Gasteiger partial charge in [0.25, 0.3) is 0 Å². The van der Waals surface area contributed by atoms with Crippen molar-refractivity contribution in [3.63, 3.8) is 0 Å². The molecule has 19 heavy (non-hydrogen) atoms. The second kappa shape index (κ2) is 7.79. The van der Waals surface area contributed by atoms with Crippen molar-refractivity contribution >= 4 is 11.6 Å². The third-order valence-corrected chi connectivity index (χ3v) is 3.09. The number of nitrogens with zero attached hydrogens (tertiary/aromatic N) is 1. The summed E-state index contributed by atoms with van der Waals surface area (Å²) in [5.41, 5.74) is 8.81. The van der Waals surface area contributed by atoms with Gasteiger partial charge in [-0.3, -0.25) is 4.79 Å². The Labute approximate surface area is 116 Å². The Morgan fingerprint density at radius 3 is 2.63 bits per heavy atom. The Morgan fingerprint density at radius 2 is 2.11 bits per heavy atom. The Balaban J connectivity index is 2.77. The summed E-state index contributed by atoms with van der Waals surface area (Å²) in [5.74, 6) is -0.296. The summed E-state index contributed by atoms with van der Waals surface area (Å²) < 4.78 is 0. The molecule has 0 unspecified atom stereocenters. The monoisotopic (exact) mass is 263 g/mol. The number of anilines is 1. The molecule has 1 rings (SSSR count). The number of carbonyl (C=O) groups is 1. The summed E-state index contributed by atoms with van der Waals surface area (Å²) in [5, 5.41) is 3.39. The lowest BCUT2D eigenvalue weighted by atomic mass is 10.1. The second-order valence-corrected chi connectivity index (χ2v) is 4.78. The summed E-state index contributed by atoms with van der Waals surface area (Å²) in [7, 11) is 0. The molecule has 0 atom stereocenters. The van der Waals surface area contributed by atoms with E-state index in [1.165, 1.54) is 11.1 Å². The van der Waals surface area contributed by atoms with Crippen LogP contribution in [0.2, 0.25) is 0 Å². The van der Waals surface area contributed by atoms with Crippen LogP contribution in [0, 0.1) is 6.92 Å². The van der Waals surface area contributed by atoms with Crippen LogP contribution in [0.4, 0.5) is 5.69 Å². The molecule has 1 aromatic carbocycles. The largest absolute Gasteiger partial charge is 0.368 e. The summed E-state index contributed by atoms with van der Waals surface area (Å²) in [6.45, 7) is 9.22. The van der Waals surface area contributed by atoms with E-state index in [9.17, 15) is 4.79 Å². The van der Waals surface area contributed by atoms with Gasteiger partial charge in [-0.15, -0.1) is 0 Å². The molecule has 1 aromatic rings. The standard InChI is InChI=1S/C15H25N3O/c1-4-8-17-10-13-6-7-14(12(3)9-13)18(5-2)11-15(16)19/h6-7,9,17H,4-5,8,10-11H2,1-3H3,(H2,16,19). The fourth-order valence-electron chi connectivity index (χ4n) is 2.15. The molecule has 0 heterocycles. The van der Waals surface area contributed by atoms with Gasteiger partial charge in [0.15, 0.2) is 0 Å². The number of amides is 1. The molecule has 0 fully saturated rings. The maximum absolute atomic E-state index is 11.1. The molecule has 0 bridgehead atoms. The minimum absolute atomic E-state index is 0.269. The number of aryl methyl sites for hydroxylation is 1.